The van der Waals surface area contributed by atoms with Crippen LogP contribution in [-0.2, 0) is 16.1 Å². The zero-order valence-electron chi connectivity index (χ0n) is 11.3. The molecule has 2 aromatic rings. The van der Waals surface area contributed by atoms with E-state index in [1.807, 2.05) is 36.4 Å². The molecule has 0 radical (unpaired) electrons. The summed E-state index contributed by atoms with van der Waals surface area (Å²) < 4.78 is 11.4. The van der Waals surface area contributed by atoms with E-state index >= 15 is 0 Å². The molecule has 1 atom stereocenters. The van der Waals surface area contributed by atoms with Gasteiger partial charge in [0.25, 0.3) is 0 Å². The highest BCUT2D eigenvalue weighted by Crippen LogP contribution is 2.29. The molecule has 1 aliphatic rings. The van der Waals surface area contributed by atoms with Gasteiger partial charge in [-0.05, 0) is 35.6 Å². The van der Waals surface area contributed by atoms with Crippen LogP contribution in [0.15, 0.2) is 36.4 Å². The first-order chi connectivity index (χ1) is 9.88. The van der Waals surface area contributed by atoms with Crippen molar-refractivity contribution in [2.24, 2.45) is 0 Å². The molecule has 102 valence electrons. The monoisotopic (exact) mass is 267 g/mol. The zero-order valence-corrected chi connectivity index (χ0v) is 11.3. The number of benzene rings is 2. The van der Waals surface area contributed by atoms with E-state index in [2.05, 4.69) is 4.85 Å². The molecule has 0 amide bonds. The van der Waals surface area contributed by atoms with E-state index in [0.717, 1.165) is 35.8 Å². The number of rotatable bonds is 3. The molecule has 3 heteroatoms. The minimum atomic E-state index is -0.0805. The van der Waals surface area contributed by atoms with Crippen LogP contribution in [0.5, 0.6) is 0 Å². The highest BCUT2D eigenvalue weighted by molar-refractivity contribution is 5.96. The molecular formula is C17H17NO2. The molecule has 1 heterocycles. The third-order valence-electron chi connectivity index (χ3n) is 3.67. The number of hydrogen-bond acceptors (Lipinski definition) is 2. The van der Waals surface area contributed by atoms with Gasteiger partial charge in [0.2, 0.25) is 0 Å². The minimum Gasteiger partial charge on any atom is -0.353 e. The Morgan fingerprint density at radius 1 is 1.15 bits per heavy atom. The van der Waals surface area contributed by atoms with Crippen molar-refractivity contribution in [1.82, 2.24) is 0 Å². The molecule has 0 spiro atoms. The summed E-state index contributed by atoms with van der Waals surface area (Å²) in [5.74, 6) is 0. The summed E-state index contributed by atoms with van der Waals surface area (Å²) in [4.78, 5) is 3.57. The molecule has 3 rings (SSSR count). The van der Waals surface area contributed by atoms with Gasteiger partial charge in [0.05, 0.1) is 13.2 Å². The second-order valence-electron chi connectivity index (χ2n) is 5.01. The summed E-state index contributed by atoms with van der Waals surface area (Å²) in [6.07, 6.45) is 3.19. The Kier molecular flexibility index (Phi) is 3.96. The van der Waals surface area contributed by atoms with E-state index in [0.29, 0.717) is 12.3 Å². The van der Waals surface area contributed by atoms with Crippen LogP contribution in [0, 0.1) is 6.57 Å². The molecule has 0 bridgehead atoms. The Morgan fingerprint density at radius 3 is 2.75 bits per heavy atom. The highest BCUT2D eigenvalue weighted by Gasteiger charge is 2.14. The maximum absolute atomic E-state index is 7.23. The Labute approximate surface area is 118 Å². The second-order valence-corrected chi connectivity index (χ2v) is 5.01. The predicted molar refractivity (Wildman–Crippen MR) is 78.6 cm³/mol. The average molecular weight is 267 g/mol. The van der Waals surface area contributed by atoms with E-state index in [9.17, 15) is 0 Å². The first-order valence-electron chi connectivity index (χ1n) is 7.00. The van der Waals surface area contributed by atoms with Gasteiger partial charge >= 0.3 is 0 Å². The number of nitrogens with zero attached hydrogens (tertiary/aromatic N) is 1. The maximum atomic E-state index is 7.23. The summed E-state index contributed by atoms with van der Waals surface area (Å²) in [5, 5.41) is 2.09. The van der Waals surface area contributed by atoms with Crippen molar-refractivity contribution in [2.75, 3.05) is 6.61 Å². The van der Waals surface area contributed by atoms with Crippen molar-refractivity contribution < 1.29 is 9.47 Å². The van der Waals surface area contributed by atoms with Crippen LogP contribution in [0.3, 0.4) is 0 Å². The van der Waals surface area contributed by atoms with E-state index in [-0.39, 0.29) is 6.29 Å². The smallest absolute Gasteiger partial charge is 0.194 e. The number of fused-ring (bicyclic) bond motifs is 1. The van der Waals surface area contributed by atoms with Gasteiger partial charge in [0.15, 0.2) is 12.0 Å². The third-order valence-corrected chi connectivity index (χ3v) is 3.67. The van der Waals surface area contributed by atoms with Gasteiger partial charge in [0.1, 0.15) is 0 Å². The zero-order chi connectivity index (χ0) is 13.8. The molecule has 1 aliphatic heterocycles. The molecule has 1 saturated heterocycles. The molecule has 1 unspecified atom stereocenters. The predicted octanol–water partition coefficient (Wildman–Crippen LogP) is 4.43. The molecule has 0 aliphatic carbocycles. The van der Waals surface area contributed by atoms with E-state index in [1.165, 1.54) is 6.42 Å². The lowest BCUT2D eigenvalue weighted by molar-refractivity contribution is -0.168. The summed E-state index contributed by atoms with van der Waals surface area (Å²) in [5.41, 5.74) is 1.81. The first-order valence-corrected chi connectivity index (χ1v) is 7.00. The van der Waals surface area contributed by atoms with E-state index in [4.69, 9.17) is 16.0 Å². The Balaban J connectivity index is 1.83. The van der Waals surface area contributed by atoms with Crippen molar-refractivity contribution in [3.8, 4) is 0 Å². The van der Waals surface area contributed by atoms with Gasteiger partial charge in [-0.25, -0.2) is 4.85 Å². The molecule has 3 nitrogen and oxygen atoms in total. The van der Waals surface area contributed by atoms with Gasteiger partial charge < -0.3 is 9.47 Å². The highest BCUT2D eigenvalue weighted by atomic mass is 16.7. The van der Waals surface area contributed by atoms with Crippen molar-refractivity contribution in [1.29, 1.82) is 0 Å². The largest absolute Gasteiger partial charge is 0.353 e. The van der Waals surface area contributed by atoms with Crippen LogP contribution in [0.4, 0.5) is 5.69 Å². The normalized spacial score (nSPS) is 18.9. The fourth-order valence-corrected chi connectivity index (χ4v) is 2.59. The molecule has 1 fully saturated rings. The van der Waals surface area contributed by atoms with Crippen molar-refractivity contribution in [2.45, 2.75) is 32.2 Å². The Morgan fingerprint density at radius 2 is 2.00 bits per heavy atom. The van der Waals surface area contributed by atoms with Crippen molar-refractivity contribution >= 4 is 16.5 Å². The lowest BCUT2D eigenvalue weighted by Crippen LogP contribution is -2.22. The van der Waals surface area contributed by atoms with Gasteiger partial charge in [-0.2, -0.15) is 0 Å². The molecule has 0 N–H and O–H groups in total. The van der Waals surface area contributed by atoms with Gasteiger partial charge in [0, 0.05) is 6.61 Å². The van der Waals surface area contributed by atoms with Crippen molar-refractivity contribution in [3.63, 3.8) is 0 Å². The Bertz CT molecular complexity index is 639. The summed E-state index contributed by atoms with van der Waals surface area (Å²) in [7, 11) is 0. The summed E-state index contributed by atoms with van der Waals surface area (Å²) in [6.45, 7) is 8.56. The summed E-state index contributed by atoms with van der Waals surface area (Å²) >= 11 is 0. The van der Waals surface area contributed by atoms with Crippen LogP contribution in [-0.4, -0.2) is 12.9 Å². The molecule has 0 saturated carbocycles. The third kappa shape index (κ3) is 2.67. The topological polar surface area (TPSA) is 22.8 Å². The Hall–Kier alpha value is -1.89. The molecule has 2 aromatic carbocycles. The van der Waals surface area contributed by atoms with Crippen LogP contribution in [0.25, 0.3) is 15.6 Å². The van der Waals surface area contributed by atoms with Gasteiger partial charge in [-0.15, -0.1) is 0 Å². The first kappa shape index (κ1) is 13.1. The van der Waals surface area contributed by atoms with Crippen LogP contribution < -0.4 is 0 Å². The summed E-state index contributed by atoms with van der Waals surface area (Å²) in [6, 6.07) is 11.9. The van der Waals surface area contributed by atoms with Gasteiger partial charge in [-0.3, -0.25) is 0 Å². The number of ether oxygens (including phenoxy) is 2. The van der Waals surface area contributed by atoms with E-state index < -0.39 is 0 Å². The molecular weight excluding hydrogens is 250 g/mol. The quantitative estimate of drug-likeness (QED) is 0.767. The molecule has 0 aromatic heterocycles. The van der Waals surface area contributed by atoms with Crippen LogP contribution in [0.2, 0.25) is 0 Å². The maximum Gasteiger partial charge on any atom is 0.194 e. The molecule has 20 heavy (non-hydrogen) atoms. The average Bonchev–Trinajstić information content (AvgIpc) is 2.53. The minimum absolute atomic E-state index is 0.0805. The van der Waals surface area contributed by atoms with Crippen LogP contribution >= 0.6 is 0 Å². The number of hydrogen-bond donors (Lipinski definition) is 0. The standard InChI is InChI=1S/C17H17NO2/c1-18-16-10-9-13(14-6-2-3-7-15(14)16)12-20-17-8-4-5-11-19-17/h2-3,6-7,9-10,17H,4-5,8,11-12H2. The van der Waals surface area contributed by atoms with Gasteiger partial charge in [-0.1, -0.05) is 36.4 Å². The fourth-order valence-electron chi connectivity index (χ4n) is 2.59. The lowest BCUT2D eigenvalue weighted by atomic mass is 10.0. The fraction of sp³-hybridized carbons (Fsp3) is 0.353. The second kappa shape index (κ2) is 6.04. The SMILES string of the molecule is [C-]#[N+]c1ccc(COC2CCCCO2)c2ccccc12. The van der Waals surface area contributed by atoms with Crippen molar-refractivity contribution in [3.05, 3.63) is 53.4 Å². The van der Waals surface area contributed by atoms with E-state index in [1.54, 1.807) is 0 Å². The lowest BCUT2D eigenvalue weighted by Gasteiger charge is -2.23. The van der Waals surface area contributed by atoms with Crippen LogP contribution in [0.1, 0.15) is 24.8 Å².